The lowest BCUT2D eigenvalue weighted by Gasteiger charge is -2.18. The summed E-state index contributed by atoms with van der Waals surface area (Å²) in [6.07, 6.45) is 5.84. The minimum absolute atomic E-state index is 0.00484. The summed E-state index contributed by atoms with van der Waals surface area (Å²) in [5, 5.41) is 18.8. The molecule has 0 saturated carbocycles. The molecule has 1 fully saturated rings. The van der Waals surface area contributed by atoms with Crippen molar-refractivity contribution in [3.8, 4) is 17.2 Å². The molecule has 1 atom stereocenters. The first kappa shape index (κ1) is 15.8. The van der Waals surface area contributed by atoms with E-state index >= 15 is 0 Å². The molecule has 7 nitrogen and oxygen atoms in total. The maximum absolute atomic E-state index is 12.7. The van der Waals surface area contributed by atoms with Crippen LogP contribution in [0.15, 0.2) is 55.0 Å². The Morgan fingerprint density at radius 1 is 1.23 bits per heavy atom. The third kappa shape index (κ3) is 3.00. The Bertz CT molecular complexity index is 958. The Morgan fingerprint density at radius 3 is 2.81 bits per heavy atom. The normalized spacial score (nSPS) is 16.5. The number of anilines is 2. The quantitative estimate of drug-likeness (QED) is 0.758. The Labute approximate surface area is 150 Å². The molecule has 1 saturated heterocycles. The SMILES string of the molecule is N#Cc1ccnc(NC2CCN(c3ccc(-c4cn[nH]c4)cc3)C2=O)c1. The molecule has 2 N–H and O–H groups in total. The number of rotatable bonds is 4. The van der Waals surface area contributed by atoms with Crippen LogP contribution >= 0.6 is 0 Å². The molecule has 3 aromatic rings. The van der Waals surface area contributed by atoms with Crippen molar-refractivity contribution in [1.29, 1.82) is 5.26 Å². The lowest BCUT2D eigenvalue weighted by atomic mass is 10.1. The molecule has 1 aliphatic rings. The minimum Gasteiger partial charge on any atom is -0.358 e. The van der Waals surface area contributed by atoms with Crippen LogP contribution in [-0.2, 0) is 4.79 Å². The van der Waals surface area contributed by atoms with Crippen molar-refractivity contribution in [2.24, 2.45) is 0 Å². The van der Waals surface area contributed by atoms with E-state index < -0.39 is 0 Å². The number of aromatic nitrogens is 3. The number of hydrogen-bond donors (Lipinski definition) is 2. The first-order valence-corrected chi connectivity index (χ1v) is 8.28. The van der Waals surface area contributed by atoms with E-state index in [2.05, 4.69) is 26.6 Å². The number of carbonyl (C=O) groups excluding carboxylic acids is 1. The number of aromatic amines is 1. The van der Waals surface area contributed by atoms with Crippen LogP contribution in [0.5, 0.6) is 0 Å². The number of amides is 1. The second-order valence-electron chi connectivity index (χ2n) is 6.05. The van der Waals surface area contributed by atoms with Crippen molar-refractivity contribution in [3.63, 3.8) is 0 Å². The molecule has 26 heavy (non-hydrogen) atoms. The predicted octanol–water partition coefficient (Wildman–Crippen LogP) is 2.56. The van der Waals surface area contributed by atoms with E-state index in [9.17, 15) is 4.79 Å². The molecule has 1 aromatic carbocycles. The minimum atomic E-state index is -0.343. The maximum Gasteiger partial charge on any atom is 0.249 e. The Kier molecular flexibility index (Phi) is 4.07. The van der Waals surface area contributed by atoms with Crippen molar-refractivity contribution in [2.75, 3.05) is 16.8 Å². The molecule has 0 bridgehead atoms. The number of nitrogens with zero attached hydrogens (tertiary/aromatic N) is 4. The molecule has 0 radical (unpaired) electrons. The first-order chi connectivity index (χ1) is 12.7. The van der Waals surface area contributed by atoms with Gasteiger partial charge in [0.25, 0.3) is 0 Å². The molecule has 3 heterocycles. The van der Waals surface area contributed by atoms with Crippen LogP contribution < -0.4 is 10.2 Å². The molecule has 4 rings (SSSR count). The standard InChI is InChI=1S/C19H16N6O/c20-10-13-5-7-21-18(9-13)24-17-6-8-25(19(17)26)16-3-1-14(2-4-16)15-11-22-23-12-15/h1-5,7,9,11-12,17H,6,8H2,(H,21,24)(H,22,23). The Balaban J connectivity index is 1.47. The lowest BCUT2D eigenvalue weighted by molar-refractivity contribution is -0.117. The number of H-pyrrole nitrogens is 1. The molecule has 1 unspecified atom stereocenters. The van der Waals surface area contributed by atoms with E-state index in [4.69, 9.17) is 5.26 Å². The molecule has 0 spiro atoms. The van der Waals surface area contributed by atoms with Gasteiger partial charge in [0.2, 0.25) is 5.91 Å². The summed E-state index contributed by atoms with van der Waals surface area (Å²) in [7, 11) is 0. The van der Waals surface area contributed by atoms with E-state index in [1.807, 2.05) is 30.5 Å². The van der Waals surface area contributed by atoms with E-state index in [1.54, 1.807) is 29.4 Å². The van der Waals surface area contributed by atoms with Gasteiger partial charge in [0, 0.05) is 30.2 Å². The fourth-order valence-corrected chi connectivity index (χ4v) is 3.07. The van der Waals surface area contributed by atoms with Gasteiger partial charge in [-0.25, -0.2) is 4.98 Å². The van der Waals surface area contributed by atoms with Gasteiger partial charge in [0.05, 0.1) is 17.8 Å². The van der Waals surface area contributed by atoms with Crippen LogP contribution in [0.25, 0.3) is 11.1 Å². The van der Waals surface area contributed by atoms with Crippen molar-refractivity contribution >= 4 is 17.4 Å². The summed E-state index contributed by atoms with van der Waals surface area (Å²) in [6, 6.07) is 12.9. The highest BCUT2D eigenvalue weighted by molar-refractivity contribution is 6.01. The second-order valence-corrected chi connectivity index (χ2v) is 6.05. The van der Waals surface area contributed by atoms with Gasteiger partial charge in [-0.15, -0.1) is 0 Å². The number of benzene rings is 1. The van der Waals surface area contributed by atoms with Gasteiger partial charge in [0.1, 0.15) is 11.9 Å². The summed E-state index contributed by atoms with van der Waals surface area (Å²) in [4.78, 5) is 18.7. The van der Waals surface area contributed by atoms with E-state index in [0.717, 1.165) is 16.8 Å². The van der Waals surface area contributed by atoms with E-state index in [0.29, 0.717) is 24.3 Å². The van der Waals surface area contributed by atoms with Crippen LogP contribution in [0.2, 0.25) is 0 Å². The number of nitrogens with one attached hydrogen (secondary N) is 2. The second kappa shape index (κ2) is 6.69. The zero-order chi connectivity index (χ0) is 17.9. The Hall–Kier alpha value is -3.66. The van der Waals surface area contributed by atoms with E-state index in [1.165, 1.54) is 0 Å². The predicted molar refractivity (Wildman–Crippen MR) is 97.4 cm³/mol. The molecule has 2 aromatic heterocycles. The number of carbonyl (C=O) groups is 1. The fraction of sp³-hybridized carbons (Fsp3) is 0.158. The van der Waals surface area contributed by atoms with Crippen LogP contribution in [0, 0.1) is 11.3 Å². The van der Waals surface area contributed by atoms with Gasteiger partial charge in [-0.2, -0.15) is 10.4 Å². The number of hydrogen-bond acceptors (Lipinski definition) is 5. The molecule has 0 aliphatic carbocycles. The summed E-state index contributed by atoms with van der Waals surface area (Å²) in [6.45, 7) is 0.638. The summed E-state index contributed by atoms with van der Waals surface area (Å²) in [5.74, 6) is 0.546. The Morgan fingerprint density at radius 2 is 2.08 bits per heavy atom. The smallest absolute Gasteiger partial charge is 0.249 e. The molecular weight excluding hydrogens is 328 g/mol. The average molecular weight is 344 g/mol. The van der Waals surface area contributed by atoms with Crippen molar-refractivity contribution in [1.82, 2.24) is 15.2 Å². The fourth-order valence-electron chi connectivity index (χ4n) is 3.07. The van der Waals surface area contributed by atoms with Gasteiger partial charge >= 0.3 is 0 Å². The van der Waals surface area contributed by atoms with Crippen LogP contribution in [-0.4, -0.2) is 33.7 Å². The zero-order valence-corrected chi connectivity index (χ0v) is 13.9. The monoisotopic (exact) mass is 344 g/mol. The summed E-state index contributed by atoms with van der Waals surface area (Å²) < 4.78 is 0. The summed E-state index contributed by atoms with van der Waals surface area (Å²) >= 11 is 0. The third-order valence-electron chi connectivity index (χ3n) is 4.43. The van der Waals surface area contributed by atoms with Crippen LogP contribution in [0.3, 0.4) is 0 Å². The van der Waals surface area contributed by atoms with Crippen molar-refractivity contribution in [2.45, 2.75) is 12.5 Å². The highest BCUT2D eigenvalue weighted by Gasteiger charge is 2.32. The van der Waals surface area contributed by atoms with Gasteiger partial charge in [-0.05, 0) is 36.2 Å². The number of nitriles is 1. The highest BCUT2D eigenvalue weighted by atomic mass is 16.2. The summed E-state index contributed by atoms with van der Waals surface area (Å²) in [5.41, 5.74) is 3.43. The molecule has 1 aliphatic heterocycles. The largest absolute Gasteiger partial charge is 0.358 e. The average Bonchev–Trinajstić information content (AvgIpc) is 3.33. The van der Waals surface area contributed by atoms with E-state index in [-0.39, 0.29) is 11.9 Å². The topological polar surface area (TPSA) is 97.7 Å². The van der Waals surface area contributed by atoms with Gasteiger partial charge < -0.3 is 10.2 Å². The lowest BCUT2D eigenvalue weighted by Crippen LogP contribution is -2.33. The first-order valence-electron chi connectivity index (χ1n) is 8.28. The molecule has 1 amide bonds. The van der Waals surface area contributed by atoms with Gasteiger partial charge in [0.15, 0.2) is 0 Å². The number of pyridine rings is 1. The van der Waals surface area contributed by atoms with Crippen molar-refractivity contribution < 1.29 is 4.79 Å². The van der Waals surface area contributed by atoms with Gasteiger partial charge in [-0.3, -0.25) is 9.89 Å². The van der Waals surface area contributed by atoms with Gasteiger partial charge in [-0.1, -0.05) is 12.1 Å². The molecule has 128 valence electrons. The zero-order valence-electron chi connectivity index (χ0n) is 13.9. The van der Waals surface area contributed by atoms with Crippen LogP contribution in [0.1, 0.15) is 12.0 Å². The van der Waals surface area contributed by atoms with Crippen molar-refractivity contribution in [3.05, 3.63) is 60.6 Å². The molecule has 7 heteroatoms. The molecular formula is C19H16N6O. The highest BCUT2D eigenvalue weighted by Crippen LogP contribution is 2.26. The maximum atomic E-state index is 12.7. The van der Waals surface area contributed by atoms with Crippen LogP contribution in [0.4, 0.5) is 11.5 Å². The third-order valence-corrected chi connectivity index (χ3v) is 4.43.